The van der Waals surface area contributed by atoms with Crippen molar-refractivity contribution >= 4 is 27.4 Å². The van der Waals surface area contributed by atoms with Gasteiger partial charge in [-0.25, -0.2) is 14.0 Å². The van der Waals surface area contributed by atoms with Gasteiger partial charge in [0.05, 0.1) is 26.5 Å². The molecule has 1 aliphatic carbocycles. The molecule has 8 nitrogen and oxygen atoms in total. The maximum atomic E-state index is 14.3. The number of nitrogens with one attached hydrogen (secondary N) is 1. The summed E-state index contributed by atoms with van der Waals surface area (Å²) >= 11 is 0. The van der Waals surface area contributed by atoms with Gasteiger partial charge in [0.25, 0.3) is 5.91 Å². The van der Waals surface area contributed by atoms with E-state index in [2.05, 4.69) is 14.7 Å². The number of nitrogens with zero attached hydrogens (tertiary/aromatic N) is 2. The fourth-order valence-electron chi connectivity index (χ4n) is 4.49. The second kappa shape index (κ2) is 11.6. The van der Waals surface area contributed by atoms with Crippen LogP contribution < -0.4 is 10.1 Å². The normalized spacial score (nSPS) is 14.9. The van der Waals surface area contributed by atoms with E-state index in [-0.39, 0.29) is 50.4 Å². The average Bonchev–Trinajstić information content (AvgIpc) is 3.68. The molecule has 1 N–H and O–H groups in total. The van der Waals surface area contributed by atoms with Crippen LogP contribution in [0.15, 0.2) is 51.7 Å². The molecule has 0 bridgehead atoms. The van der Waals surface area contributed by atoms with Crippen LogP contribution >= 0.6 is 0 Å². The van der Waals surface area contributed by atoms with Crippen LogP contribution in [0.5, 0.6) is 11.5 Å². The molecule has 0 radical (unpaired) electrons. The lowest BCUT2D eigenvalue weighted by molar-refractivity contribution is -0.138. The van der Waals surface area contributed by atoms with Crippen LogP contribution in [0.2, 0.25) is 0 Å². The SMILES string of the molecule is Cc1nc(F)ccc1Oc1cc(C2CC2)c(C(F)(F)F)c(C)c1C(=O)Nc1cccc([S@@](C)(=O)=NC(=O)OC(C)(C)C)c1. The van der Waals surface area contributed by atoms with Gasteiger partial charge in [-0.05, 0) is 101 Å². The Labute approximate surface area is 247 Å². The lowest BCUT2D eigenvalue weighted by atomic mass is 9.92. The molecule has 2 aromatic carbocycles. The lowest BCUT2D eigenvalue weighted by Gasteiger charge is -2.22. The molecule has 13 heteroatoms. The first-order chi connectivity index (χ1) is 19.9. The molecule has 1 heterocycles. The molecule has 0 unspecified atom stereocenters. The molecule has 2 amide bonds. The highest BCUT2D eigenvalue weighted by Gasteiger charge is 2.42. The fourth-order valence-corrected chi connectivity index (χ4v) is 5.59. The van der Waals surface area contributed by atoms with E-state index in [0.29, 0.717) is 12.8 Å². The van der Waals surface area contributed by atoms with Gasteiger partial charge in [-0.1, -0.05) is 6.07 Å². The molecule has 1 fully saturated rings. The number of alkyl halides is 3. The van der Waals surface area contributed by atoms with Crippen molar-refractivity contribution in [3.05, 3.63) is 76.4 Å². The summed E-state index contributed by atoms with van der Waals surface area (Å²) in [5.74, 6) is -2.14. The second-order valence-electron chi connectivity index (χ2n) is 11.3. The van der Waals surface area contributed by atoms with Gasteiger partial charge in [-0.15, -0.1) is 4.36 Å². The van der Waals surface area contributed by atoms with E-state index in [1.165, 1.54) is 56.5 Å². The Kier molecular flexibility index (Phi) is 8.60. The van der Waals surface area contributed by atoms with Crippen LogP contribution in [0.25, 0.3) is 0 Å². The predicted octanol–water partition coefficient (Wildman–Crippen LogP) is 8.17. The average molecular weight is 622 g/mol. The predicted molar refractivity (Wildman–Crippen MR) is 153 cm³/mol. The van der Waals surface area contributed by atoms with Crippen LogP contribution in [-0.2, 0) is 20.6 Å². The summed E-state index contributed by atoms with van der Waals surface area (Å²) in [7, 11) is -3.32. The summed E-state index contributed by atoms with van der Waals surface area (Å²) in [6.07, 6.45) is -3.45. The number of halogens is 4. The fraction of sp³-hybridized carbons (Fsp3) is 0.367. The molecule has 1 aromatic heterocycles. The quantitative estimate of drug-likeness (QED) is 0.220. The third kappa shape index (κ3) is 7.70. The molecule has 4 rings (SSSR count). The summed E-state index contributed by atoms with van der Waals surface area (Å²) < 4.78 is 84.6. The van der Waals surface area contributed by atoms with E-state index in [1.54, 1.807) is 20.8 Å². The Morgan fingerprint density at radius 2 is 1.72 bits per heavy atom. The van der Waals surface area contributed by atoms with Gasteiger partial charge in [0.15, 0.2) is 0 Å². The Bertz CT molecular complexity index is 1720. The van der Waals surface area contributed by atoms with E-state index < -0.39 is 45.0 Å². The molecule has 0 spiro atoms. The van der Waals surface area contributed by atoms with Crippen molar-refractivity contribution in [3.8, 4) is 11.5 Å². The van der Waals surface area contributed by atoms with Crippen molar-refractivity contribution in [2.75, 3.05) is 11.6 Å². The summed E-state index contributed by atoms with van der Waals surface area (Å²) in [6, 6.07) is 9.16. The molecule has 1 aliphatic rings. The molecular weight excluding hydrogens is 590 g/mol. The van der Waals surface area contributed by atoms with E-state index in [1.807, 2.05) is 0 Å². The zero-order valence-electron chi connectivity index (χ0n) is 24.4. The zero-order valence-corrected chi connectivity index (χ0v) is 25.2. The minimum absolute atomic E-state index is 0.0146. The van der Waals surface area contributed by atoms with Crippen molar-refractivity contribution in [1.29, 1.82) is 0 Å². The molecule has 43 heavy (non-hydrogen) atoms. The first-order valence-electron chi connectivity index (χ1n) is 13.3. The highest BCUT2D eigenvalue weighted by molar-refractivity contribution is 7.93. The van der Waals surface area contributed by atoms with Gasteiger partial charge in [-0.2, -0.15) is 17.6 Å². The van der Waals surface area contributed by atoms with E-state index >= 15 is 0 Å². The van der Waals surface area contributed by atoms with E-state index in [0.717, 1.165) is 6.07 Å². The van der Waals surface area contributed by atoms with Gasteiger partial charge in [-0.3, -0.25) is 4.79 Å². The minimum atomic E-state index is -4.75. The smallest absolute Gasteiger partial charge is 0.442 e. The van der Waals surface area contributed by atoms with Gasteiger partial charge < -0.3 is 14.8 Å². The topological polar surface area (TPSA) is 107 Å². The molecule has 0 aliphatic heterocycles. The number of aryl methyl sites for hydroxylation is 1. The van der Waals surface area contributed by atoms with Crippen LogP contribution in [0.1, 0.15) is 72.3 Å². The van der Waals surface area contributed by atoms with Crippen molar-refractivity contribution in [2.45, 2.75) is 70.1 Å². The van der Waals surface area contributed by atoms with E-state index in [4.69, 9.17) is 9.47 Å². The Morgan fingerprint density at radius 3 is 2.30 bits per heavy atom. The third-order valence-corrected chi connectivity index (χ3v) is 8.12. The molecule has 3 aromatic rings. The molecule has 1 saturated carbocycles. The highest BCUT2D eigenvalue weighted by Crippen LogP contribution is 2.50. The highest BCUT2D eigenvalue weighted by atomic mass is 32.2. The molecular formula is C30H31F4N3O5S. The number of rotatable bonds is 6. The summed E-state index contributed by atoms with van der Waals surface area (Å²) in [6.45, 7) is 7.55. The van der Waals surface area contributed by atoms with Crippen LogP contribution in [-0.4, -0.2) is 33.1 Å². The maximum Gasteiger partial charge on any atom is 0.442 e. The van der Waals surface area contributed by atoms with E-state index in [9.17, 15) is 31.4 Å². The molecule has 1 atom stereocenters. The van der Waals surface area contributed by atoms with Crippen LogP contribution in [0, 0.1) is 19.8 Å². The Balaban J connectivity index is 1.77. The first-order valence-corrected chi connectivity index (χ1v) is 15.2. The van der Waals surface area contributed by atoms with Crippen LogP contribution in [0.4, 0.5) is 28.0 Å². The summed E-state index contributed by atoms with van der Waals surface area (Å²) in [4.78, 5) is 29.6. The van der Waals surface area contributed by atoms with Gasteiger partial charge in [0, 0.05) is 16.8 Å². The van der Waals surface area contributed by atoms with Gasteiger partial charge in [0.1, 0.15) is 17.1 Å². The largest absolute Gasteiger partial charge is 0.455 e. The Morgan fingerprint density at radius 1 is 1.05 bits per heavy atom. The Hall–Kier alpha value is -4.00. The lowest BCUT2D eigenvalue weighted by Crippen LogP contribution is -2.22. The number of amides is 2. The van der Waals surface area contributed by atoms with Crippen LogP contribution in [0.3, 0.4) is 0 Å². The summed E-state index contributed by atoms with van der Waals surface area (Å²) in [5.41, 5.74) is -2.27. The number of aromatic nitrogens is 1. The van der Waals surface area contributed by atoms with Crippen molar-refractivity contribution in [3.63, 3.8) is 0 Å². The monoisotopic (exact) mass is 621 g/mol. The number of hydrogen-bond acceptors (Lipinski definition) is 6. The second-order valence-corrected chi connectivity index (χ2v) is 13.5. The van der Waals surface area contributed by atoms with Crippen molar-refractivity contribution in [2.24, 2.45) is 4.36 Å². The van der Waals surface area contributed by atoms with Crippen molar-refractivity contribution < 1.29 is 40.8 Å². The number of anilines is 1. The number of hydrogen-bond donors (Lipinski definition) is 1. The maximum absolute atomic E-state index is 14.3. The number of carbonyl (C=O) groups excluding carboxylic acids is 2. The zero-order chi connectivity index (χ0) is 31.9. The standard InChI is InChI=1S/C30H31F4N3O5S/c1-16-25(27(38)36-19-8-7-9-20(14-19)43(6,40)37-28(39)42-29(3,4)5)23(41-22-12-13-24(31)35-17(22)2)15-21(18-10-11-18)26(16)30(32,33)34/h7-9,12-15,18H,10-11H2,1-6H3,(H,36,38)/t43-/m1/s1. The van der Waals surface area contributed by atoms with Gasteiger partial charge >= 0.3 is 12.3 Å². The summed E-state index contributed by atoms with van der Waals surface area (Å²) in [5, 5.41) is 2.55. The third-order valence-electron chi connectivity index (χ3n) is 6.49. The number of pyridine rings is 1. The first kappa shape index (κ1) is 31.9. The van der Waals surface area contributed by atoms with Crippen molar-refractivity contribution in [1.82, 2.24) is 4.98 Å². The number of benzene rings is 2. The minimum Gasteiger partial charge on any atom is -0.455 e. The number of carbonyl (C=O) groups is 2. The number of ether oxygens (including phenoxy) is 2. The molecule has 0 saturated heterocycles. The van der Waals surface area contributed by atoms with Gasteiger partial charge in [0.2, 0.25) is 5.95 Å². The molecule has 230 valence electrons.